The van der Waals surface area contributed by atoms with Gasteiger partial charge in [-0.25, -0.2) is 0 Å². The van der Waals surface area contributed by atoms with E-state index in [1.54, 1.807) is 0 Å². The van der Waals surface area contributed by atoms with E-state index in [1.165, 1.54) is 12.7 Å². The quantitative estimate of drug-likeness (QED) is 0.726. The first kappa shape index (κ1) is 11.4. The van der Waals surface area contributed by atoms with Crippen LogP contribution in [0.5, 0.6) is 0 Å². The lowest BCUT2D eigenvalue weighted by Crippen LogP contribution is -2.48. The highest BCUT2D eigenvalue weighted by molar-refractivity contribution is 5.81. The molecule has 3 fully saturated rings. The van der Waals surface area contributed by atoms with Crippen molar-refractivity contribution in [1.82, 2.24) is 0 Å². The number of carbonyl (C=O) groups excluding carboxylic acids is 1. The van der Waals surface area contributed by atoms with Crippen molar-refractivity contribution in [2.24, 2.45) is 5.41 Å². The molecule has 0 aromatic heterocycles. The summed E-state index contributed by atoms with van der Waals surface area (Å²) in [6.45, 7) is 4.02. The van der Waals surface area contributed by atoms with Gasteiger partial charge in [0.15, 0.2) is 0 Å². The molecular formula is C13H18O3. The van der Waals surface area contributed by atoms with Gasteiger partial charge in [0.25, 0.3) is 0 Å². The fraction of sp³-hybridized carbons (Fsp3) is 0.615. The van der Waals surface area contributed by atoms with Crippen molar-refractivity contribution in [3.63, 3.8) is 0 Å². The monoisotopic (exact) mass is 222 g/mol. The molecule has 2 bridgehead atoms. The topological polar surface area (TPSA) is 46.5 Å². The second-order valence-electron chi connectivity index (χ2n) is 5.27. The summed E-state index contributed by atoms with van der Waals surface area (Å²) < 4.78 is 4.80. The van der Waals surface area contributed by atoms with Gasteiger partial charge in [0, 0.05) is 0 Å². The van der Waals surface area contributed by atoms with Crippen LogP contribution in [-0.2, 0) is 9.53 Å². The number of ether oxygens (including phenoxy) is 1. The minimum absolute atomic E-state index is 0.183. The largest absolute Gasteiger partial charge is 0.469 e. The number of allylic oxidation sites excluding steroid dienone is 3. The molecule has 0 saturated heterocycles. The van der Waals surface area contributed by atoms with Crippen molar-refractivity contribution in [2.45, 2.75) is 38.7 Å². The van der Waals surface area contributed by atoms with Gasteiger partial charge < -0.3 is 9.84 Å². The summed E-state index contributed by atoms with van der Waals surface area (Å²) in [6, 6.07) is 0. The third-order valence-corrected chi connectivity index (χ3v) is 3.62. The highest BCUT2D eigenvalue weighted by Gasteiger charge is 2.67. The molecule has 3 heteroatoms. The summed E-state index contributed by atoms with van der Waals surface area (Å²) >= 11 is 0. The van der Waals surface area contributed by atoms with Gasteiger partial charge in [-0.15, -0.1) is 0 Å². The summed E-state index contributed by atoms with van der Waals surface area (Å²) in [5, 5.41) is 10.2. The van der Waals surface area contributed by atoms with E-state index < -0.39 is 11.0 Å². The summed E-state index contributed by atoms with van der Waals surface area (Å²) in [7, 11) is 1.41. The molecule has 0 aliphatic heterocycles. The lowest BCUT2D eigenvalue weighted by Gasteiger charge is -2.41. The maximum absolute atomic E-state index is 11.6. The Bertz CT molecular complexity index is 380. The fourth-order valence-electron chi connectivity index (χ4n) is 2.86. The van der Waals surface area contributed by atoms with Crippen LogP contribution in [0.2, 0.25) is 0 Å². The maximum Gasteiger partial charge on any atom is 0.312 e. The zero-order chi connectivity index (χ0) is 12.0. The number of aliphatic hydroxyl groups is 1. The predicted molar refractivity (Wildman–Crippen MR) is 60.8 cm³/mol. The molecule has 3 saturated carbocycles. The second kappa shape index (κ2) is 3.45. The van der Waals surface area contributed by atoms with Gasteiger partial charge in [-0.1, -0.05) is 17.7 Å². The third kappa shape index (κ3) is 1.50. The van der Waals surface area contributed by atoms with Crippen LogP contribution >= 0.6 is 0 Å². The first-order valence-corrected chi connectivity index (χ1v) is 5.57. The normalized spacial score (nSPS) is 38.1. The molecule has 3 aliphatic rings. The molecule has 16 heavy (non-hydrogen) atoms. The zero-order valence-electron chi connectivity index (χ0n) is 10.0. The third-order valence-electron chi connectivity index (χ3n) is 3.62. The molecule has 0 aromatic rings. The first-order valence-electron chi connectivity index (χ1n) is 5.57. The molecule has 0 spiro atoms. The molecule has 88 valence electrons. The van der Waals surface area contributed by atoms with Gasteiger partial charge in [0.1, 0.15) is 0 Å². The number of hydrogen-bond donors (Lipinski definition) is 1. The average Bonchev–Trinajstić information content (AvgIpc) is 2.62. The van der Waals surface area contributed by atoms with Crippen LogP contribution < -0.4 is 0 Å². The molecule has 0 amide bonds. The van der Waals surface area contributed by atoms with Crippen LogP contribution in [0.4, 0.5) is 0 Å². The van der Waals surface area contributed by atoms with Crippen LogP contribution in [0, 0.1) is 5.41 Å². The molecule has 3 aliphatic carbocycles. The molecule has 0 heterocycles. The van der Waals surface area contributed by atoms with Gasteiger partial charge in [-0.05, 0) is 38.7 Å². The maximum atomic E-state index is 11.6. The van der Waals surface area contributed by atoms with E-state index in [1.807, 2.05) is 26.0 Å². The molecular weight excluding hydrogens is 204 g/mol. The SMILES string of the molecule is COC(=O)C12C/C(=C\C=C(C)C)C(O)(C1)C2. The van der Waals surface area contributed by atoms with E-state index in [-0.39, 0.29) is 5.97 Å². The molecule has 0 unspecified atom stereocenters. The Hall–Kier alpha value is -1.09. The number of esters is 1. The van der Waals surface area contributed by atoms with Crippen molar-refractivity contribution >= 4 is 5.97 Å². The Morgan fingerprint density at radius 1 is 1.44 bits per heavy atom. The van der Waals surface area contributed by atoms with Crippen LogP contribution in [0.15, 0.2) is 23.3 Å². The number of hydrogen-bond acceptors (Lipinski definition) is 3. The Balaban J connectivity index is 2.21. The lowest BCUT2D eigenvalue weighted by atomic mass is 9.67. The number of rotatable bonds is 2. The van der Waals surface area contributed by atoms with E-state index in [2.05, 4.69) is 0 Å². The van der Waals surface area contributed by atoms with Gasteiger partial charge in [-0.2, -0.15) is 0 Å². The zero-order valence-corrected chi connectivity index (χ0v) is 10.0. The fourth-order valence-corrected chi connectivity index (χ4v) is 2.86. The van der Waals surface area contributed by atoms with Crippen molar-refractivity contribution < 1.29 is 14.6 Å². The molecule has 3 nitrogen and oxygen atoms in total. The van der Waals surface area contributed by atoms with Gasteiger partial charge >= 0.3 is 5.97 Å². The smallest absolute Gasteiger partial charge is 0.312 e. The Kier molecular flexibility index (Phi) is 2.46. The second-order valence-corrected chi connectivity index (χ2v) is 5.27. The molecule has 0 radical (unpaired) electrons. The van der Waals surface area contributed by atoms with Gasteiger partial charge in [-0.3, -0.25) is 4.79 Å². The Morgan fingerprint density at radius 3 is 2.56 bits per heavy atom. The molecule has 3 rings (SSSR count). The number of carbonyl (C=O) groups is 1. The van der Waals surface area contributed by atoms with Crippen molar-refractivity contribution in [3.8, 4) is 0 Å². The van der Waals surface area contributed by atoms with E-state index in [0.29, 0.717) is 19.3 Å². The Morgan fingerprint density at radius 2 is 2.06 bits per heavy atom. The highest BCUT2D eigenvalue weighted by atomic mass is 16.5. The van der Waals surface area contributed by atoms with Crippen molar-refractivity contribution in [1.29, 1.82) is 0 Å². The average molecular weight is 222 g/mol. The summed E-state index contributed by atoms with van der Waals surface area (Å²) in [5.74, 6) is -0.183. The molecule has 1 N–H and O–H groups in total. The number of methoxy groups -OCH3 is 1. The highest BCUT2D eigenvalue weighted by Crippen LogP contribution is 2.64. The molecule has 0 aromatic carbocycles. The van der Waals surface area contributed by atoms with Crippen LogP contribution in [0.1, 0.15) is 33.1 Å². The van der Waals surface area contributed by atoms with E-state index in [9.17, 15) is 9.90 Å². The van der Waals surface area contributed by atoms with E-state index in [0.717, 1.165) is 5.57 Å². The predicted octanol–water partition coefficient (Wildman–Crippen LogP) is 1.97. The van der Waals surface area contributed by atoms with Gasteiger partial charge in [0.2, 0.25) is 0 Å². The summed E-state index contributed by atoms with van der Waals surface area (Å²) in [4.78, 5) is 11.6. The summed E-state index contributed by atoms with van der Waals surface area (Å²) in [6.07, 6.45) is 5.62. The van der Waals surface area contributed by atoms with Crippen molar-refractivity contribution in [2.75, 3.05) is 7.11 Å². The summed E-state index contributed by atoms with van der Waals surface area (Å²) in [5.41, 5.74) is 0.969. The minimum atomic E-state index is -0.750. The van der Waals surface area contributed by atoms with E-state index in [4.69, 9.17) is 4.74 Å². The van der Waals surface area contributed by atoms with Crippen LogP contribution in [-0.4, -0.2) is 23.8 Å². The van der Waals surface area contributed by atoms with Crippen molar-refractivity contribution in [3.05, 3.63) is 23.3 Å². The lowest BCUT2D eigenvalue weighted by molar-refractivity contribution is -0.166. The minimum Gasteiger partial charge on any atom is -0.469 e. The molecule has 0 atom stereocenters. The van der Waals surface area contributed by atoms with Crippen LogP contribution in [0.3, 0.4) is 0 Å². The van der Waals surface area contributed by atoms with E-state index >= 15 is 0 Å². The number of fused-ring (bicyclic) bond motifs is 1. The van der Waals surface area contributed by atoms with Crippen LogP contribution in [0.25, 0.3) is 0 Å². The van der Waals surface area contributed by atoms with Gasteiger partial charge in [0.05, 0.1) is 18.1 Å². The standard InChI is InChI=1S/C13H18O3/c1-9(2)4-5-10-6-12(11(14)16-3)7-13(10,15)8-12/h4-5,15H,6-8H2,1-3H3/b10-5+. The first-order chi connectivity index (χ1) is 7.42. The Labute approximate surface area is 95.8 Å².